The number of rotatable bonds is 2. The first-order chi connectivity index (χ1) is 8.78. The fourth-order valence-electron chi connectivity index (χ4n) is 3.58. The fraction of sp³-hybridized carbons (Fsp3) is 0.571. The molecule has 3 rings (SSSR count). The van der Waals surface area contributed by atoms with E-state index < -0.39 is 0 Å². The summed E-state index contributed by atoms with van der Waals surface area (Å²) < 4.78 is 5.03. The minimum absolute atomic E-state index is 0.0635. The zero-order valence-corrected chi connectivity index (χ0v) is 10.6. The summed E-state index contributed by atoms with van der Waals surface area (Å²) in [5, 5.41) is 0. The Balaban J connectivity index is 1.92. The van der Waals surface area contributed by atoms with Crippen LogP contribution in [0.1, 0.15) is 37.3 Å². The van der Waals surface area contributed by atoms with Gasteiger partial charge in [0.15, 0.2) is 0 Å². The van der Waals surface area contributed by atoms with Crippen LogP contribution in [-0.4, -0.2) is 35.0 Å². The summed E-state index contributed by atoms with van der Waals surface area (Å²) in [6.45, 7) is 0.981. The minimum atomic E-state index is -0.366. The number of methoxy groups -OCH3 is 1. The smallest absolute Gasteiger partial charge is 0.326 e. The topological polar surface area (TPSA) is 42.4 Å². The summed E-state index contributed by atoms with van der Waals surface area (Å²) in [6.07, 6.45) is 7.62. The number of esters is 1. The molecule has 0 aliphatic carbocycles. The summed E-state index contributed by atoms with van der Waals surface area (Å²) in [5.74, 6) is -0.0635. The largest absolute Gasteiger partial charge is 0.468 e. The highest BCUT2D eigenvalue weighted by Crippen LogP contribution is 2.49. The molecule has 0 aromatic carbocycles. The molecule has 2 atom stereocenters. The Morgan fingerprint density at radius 3 is 3.17 bits per heavy atom. The highest BCUT2D eigenvalue weighted by atomic mass is 16.5. The van der Waals surface area contributed by atoms with Crippen LogP contribution in [0.4, 0.5) is 0 Å². The lowest BCUT2D eigenvalue weighted by Gasteiger charge is -2.32. The summed E-state index contributed by atoms with van der Waals surface area (Å²) in [5.41, 5.74) is 0.847. The molecule has 2 unspecified atom stereocenters. The van der Waals surface area contributed by atoms with E-state index >= 15 is 0 Å². The maximum Gasteiger partial charge on any atom is 0.326 e. The van der Waals surface area contributed by atoms with Gasteiger partial charge in [0.1, 0.15) is 5.54 Å². The molecule has 4 nitrogen and oxygen atoms in total. The van der Waals surface area contributed by atoms with Crippen molar-refractivity contribution in [3.05, 3.63) is 30.1 Å². The Morgan fingerprint density at radius 2 is 2.44 bits per heavy atom. The van der Waals surface area contributed by atoms with Gasteiger partial charge < -0.3 is 4.74 Å². The molecule has 96 valence electrons. The van der Waals surface area contributed by atoms with Crippen molar-refractivity contribution in [2.75, 3.05) is 13.7 Å². The quantitative estimate of drug-likeness (QED) is 0.748. The molecule has 18 heavy (non-hydrogen) atoms. The lowest BCUT2D eigenvalue weighted by molar-refractivity contribution is -0.152. The molecule has 1 aromatic heterocycles. The predicted molar refractivity (Wildman–Crippen MR) is 66.9 cm³/mol. The van der Waals surface area contributed by atoms with Crippen LogP contribution in [0, 0.1) is 0 Å². The summed E-state index contributed by atoms with van der Waals surface area (Å²) >= 11 is 0. The van der Waals surface area contributed by atoms with Gasteiger partial charge in [-0.15, -0.1) is 0 Å². The van der Waals surface area contributed by atoms with Crippen molar-refractivity contribution in [1.29, 1.82) is 0 Å². The van der Waals surface area contributed by atoms with E-state index in [-0.39, 0.29) is 11.5 Å². The molecule has 2 fully saturated rings. The van der Waals surface area contributed by atoms with Gasteiger partial charge in [-0.3, -0.25) is 14.7 Å². The lowest BCUT2D eigenvalue weighted by atomic mass is 9.94. The van der Waals surface area contributed by atoms with Gasteiger partial charge in [-0.2, -0.15) is 0 Å². The third kappa shape index (κ3) is 1.56. The number of hydrogen-bond donors (Lipinski definition) is 0. The number of carbonyl (C=O) groups is 1. The Morgan fingerprint density at radius 1 is 1.56 bits per heavy atom. The summed E-state index contributed by atoms with van der Waals surface area (Å²) in [6, 6.07) is 4.38. The standard InChI is InChI=1S/C14H18N2O2/c1-18-13(17)14-6-3-9-16(14)12(5-7-14)11-4-2-8-15-10-11/h2,4,8,10,12H,3,5-7,9H2,1H3. The number of aromatic nitrogens is 1. The average Bonchev–Trinajstić information content (AvgIpc) is 2.98. The van der Waals surface area contributed by atoms with E-state index in [1.807, 2.05) is 12.3 Å². The van der Waals surface area contributed by atoms with Gasteiger partial charge in [0.05, 0.1) is 7.11 Å². The third-order valence-electron chi connectivity index (χ3n) is 4.38. The van der Waals surface area contributed by atoms with Crippen molar-refractivity contribution in [3.8, 4) is 0 Å². The highest BCUT2D eigenvalue weighted by Gasteiger charge is 2.55. The van der Waals surface area contributed by atoms with Crippen LogP contribution < -0.4 is 0 Å². The Kier molecular flexibility index (Phi) is 2.82. The van der Waals surface area contributed by atoms with Crippen molar-refractivity contribution in [2.24, 2.45) is 0 Å². The monoisotopic (exact) mass is 246 g/mol. The van der Waals surface area contributed by atoms with Crippen molar-refractivity contribution in [3.63, 3.8) is 0 Å². The van der Waals surface area contributed by atoms with E-state index in [4.69, 9.17) is 4.74 Å². The van der Waals surface area contributed by atoms with Gasteiger partial charge in [-0.05, 0) is 43.9 Å². The number of ether oxygens (including phenoxy) is 1. The van der Waals surface area contributed by atoms with Gasteiger partial charge >= 0.3 is 5.97 Å². The van der Waals surface area contributed by atoms with E-state index in [0.29, 0.717) is 6.04 Å². The second-order valence-corrected chi connectivity index (χ2v) is 5.16. The Labute approximate surface area is 107 Å². The second-order valence-electron chi connectivity index (χ2n) is 5.16. The number of pyridine rings is 1. The maximum absolute atomic E-state index is 12.1. The first-order valence-electron chi connectivity index (χ1n) is 6.53. The number of nitrogens with zero attached hydrogens (tertiary/aromatic N) is 2. The van der Waals surface area contributed by atoms with Crippen LogP contribution in [0.3, 0.4) is 0 Å². The Hall–Kier alpha value is -1.42. The molecule has 0 saturated carbocycles. The van der Waals surface area contributed by atoms with Crippen molar-refractivity contribution < 1.29 is 9.53 Å². The van der Waals surface area contributed by atoms with Crippen LogP contribution >= 0.6 is 0 Å². The zero-order chi connectivity index (χ0) is 12.6. The molecule has 2 aliphatic rings. The van der Waals surface area contributed by atoms with Gasteiger partial charge in [0.2, 0.25) is 0 Å². The molecule has 0 spiro atoms. The van der Waals surface area contributed by atoms with Crippen LogP contribution in [-0.2, 0) is 9.53 Å². The fourth-order valence-corrected chi connectivity index (χ4v) is 3.58. The second kappa shape index (κ2) is 4.35. The molecular formula is C14H18N2O2. The molecule has 4 heteroatoms. The Bertz CT molecular complexity index is 448. The number of hydrogen-bond acceptors (Lipinski definition) is 4. The van der Waals surface area contributed by atoms with Crippen LogP contribution in [0.25, 0.3) is 0 Å². The summed E-state index contributed by atoms with van der Waals surface area (Å²) in [4.78, 5) is 18.6. The zero-order valence-electron chi connectivity index (χ0n) is 10.6. The van der Waals surface area contributed by atoms with Gasteiger partial charge in [-0.25, -0.2) is 0 Å². The third-order valence-corrected chi connectivity index (χ3v) is 4.38. The molecule has 2 aliphatic heterocycles. The number of fused-ring (bicyclic) bond motifs is 1. The molecule has 3 heterocycles. The first-order valence-corrected chi connectivity index (χ1v) is 6.53. The van der Waals surface area contributed by atoms with Crippen LogP contribution in [0.5, 0.6) is 0 Å². The average molecular weight is 246 g/mol. The van der Waals surface area contributed by atoms with Crippen molar-refractivity contribution in [2.45, 2.75) is 37.3 Å². The first kappa shape index (κ1) is 11.7. The lowest BCUT2D eigenvalue weighted by Crippen LogP contribution is -2.47. The van der Waals surface area contributed by atoms with E-state index in [9.17, 15) is 4.79 Å². The molecule has 0 radical (unpaired) electrons. The van der Waals surface area contributed by atoms with E-state index in [2.05, 4.69) is 16.0 Å². The van der Waals surface area contributed by atoms with Crippen molar-refractivity contribution in [1.82, 2.24) is 9.88 Å². The predicted octanol–water partition coefficient (Wildman–Crippen LogP) is 1.92. The van der Waals surface area contributed by atoms with E-state index in [0.717, 1.165) is 32.2 Å². The van der Waals surface area contributed by atoms with Crippen LogP contribution in [0.15, 0.2) is 24.5 Å². The molecule has 2 saturated heterocycles. The molecule has 0 amide bonds. The molecule has 1 aromatic rings. The highest BCUT2D eigenvalue weighted by molar-refractivity contribution is 5.81. The molecule has 0 bridgehead atoms. The SMILES string of the molecule is COC(=O)C12CCCN1C(c1cccnc1)CC2. The maximum atomic E-state index is 12.1. The number of carbonyl (C=O) groups excluding carboxylic acids is 1. The minimum Gasteiger partial charge on any atom is -0.468 e. The van der Waals surface area contributed by atoms with Gasteiger partial charge in [0, 0.05) is 18.4 Å². The summed E-state index contributed by atoms with van der Waals surface area (Å²) in [7, 11) is 1.49. The van der Waals surface area contributed by atoms with Gasteiger partial charge in [-0.1, -0.05) is 6.07 Å². The van der Waals surface area contributed by atoms with Crippen molar-refractivity contribution >= 4 is 5.97 Å². The van der Waals surface area contributed by atoms with E-state index in [1.165, 1.54) is 12.7 Å². The van der Waals surface area contributed by atoms with Crippen LogP contribution in [0.2, 0.25) is 0 Å². The molecular weight excluding hydrogens is 228 g/mol. The normalized spacial score (nSPS) is 31.3. The van der Waals surface area contributed by atoms with Gasteiger partial charge in [0.25, 0.3) is 0 Å². The van der Waals surface area contributed by atoms with E-state index in [1.54, 1.807) is 6.20 Å². The molecule has 0 N–H and O–H groups in total.